The highest BCUT2D eigenvalue weighted by Crippen LogP contribution is 2.38. The molecule has 1 aliphatic rings. The number of aromatic amines is 1. The van der Waals surface area contributed by atoms with Crippen LogP contribution in [0, 0.1) is 0 Å². The summed E-state index contributed by atoms with van der Waals surface area (Å²) in [6.45, 7) is 0. The fourth-order valence-corrected chi connectivity index (χ4v) is 0.786. The summed E-state index contributed by atoms with van der Waals surface area (Å²) in [4.78, 5) is 0. The Morgan fingerprint density at radius 2 is 2.33 bits per heavy atom. The van der Waals surface area contributed by atoms with Crippen molar-refractivity contribution in [1.82, 2.24) is 15.4 Å². The molecule has 0 spiro atoms. The smallest absolute Gasteiger partial charge is 0.0855 e. The topological polar surface area (TPSA) is 41.6 Å². The number of hydrogen-bond acceptors (Lipinski definition) is 2. The molecule has 50 valence electrons. The molecule has 1 aliphatic carbocycles. The molecule has 3 nitrogen and oxygen atoms in total. The lowest BCUT2D eigenvalue weighted by atomic mass is 10.3. The highest BCUT2D eigenvalue weighted by Gasteiger charge is 2.25. The second-order valence-electron chi connectivity index (χ2n) is 2.17. The molecule has 0 aromatic carbocycles. The third-order valence-electron chi connectivity index (χ3n) is 1.43. The van der Waals surface area contributed by atoms with Crippen molar-refractivity contribution in [2.45, 2.75) is 18.8 Å². The Labute approximate surface area is 59.3 Å². The minimum Gasteiger partial charge on any atom is -0.198 e. The van der Waals surface area contributed by atoms with E-state index in [-0.39, 0.29) is 12.4 Å². The molecule has 0 bridgehead atoms. The van der Waals surface area contributed by atoms with E-state index in [9.17, 15) is 0 Å². The van der Waals surface area contributed by atoms with E-state index in [4.69, 9.17) is 0 Å². The van der Waals surface area contributed by atoms with Crippen molar-refractivity contribution in [1.29, 1.82) is 0 Å². The van der Waals surface area contributed by atoms with Gasteiger partial charge in [0.2, 0.25) is 0 Å². The van der Waals surface area contributed by atoms with Crippen molar-refractivity contribution in [2.75, 3.05) is 0 Å². The number of halogens is 1. The fourth-order valence-electron chi connectivity index (χ4n) is 0.786. The number of nitrogens with zero attached hydrogens (tertiary/aromatic N) is 2. The maximum atomic E-state index is 3.94. The highest BCUT2D eigenvalue weighted by atomic mass is 35.5. The minimum atomic E-state index is 0. The van der Waals surface area contributed by atoms with Gasteiger partial charge < -0.3 is 0 Å². The van der Waals surface area contributed by atoms with Gasteiger partial charge in [-0.1, -0.05) is 0 Å². The summed E-state index contributed by atoms with van der Waals surface area (Å²) in [5.41, 5.74) is 1.13. The molecule has 0 amide bonds. The van der Waals surface area contributed by atoms with Gasteiger partial charge >= 0.3 is 0 Å². The molecule has 0 radical (unpaired) electrons. The largest absolute Gasteiger partial charge is 0.198 e. The van der Waals surface area contributed by atoms with Crippen molar-refractivity contribution >= 4 is 12.4 Å². The molecule has 0 saturated heterocycles. The first-order chi connectivity index (χ1) is 3.97. The van der Waals surface area contributed by atoms with Crippen LogP contribution in [-0.4, -0.2) is 15.4 Å². The van der Waals surface area contributed by atoms with Crippen molar-refractivity contribution in [2.24, 2.45) is 0 Å². The summed E-state index contributed by atoms with van der Waals surface area (Å²) in [5.74, 6) is 0.730. The predicted molar refractivity (Wildman–Crippen MR) is 35.6 cm³/mol. The van der Waals surface area contributed by atoms with Crippen LogP contribution >= 0.6 is 12.4 Å². The summed E-state index contributed by atoms with van der Waals surface area (Å²) >= 11 is 0. The van der Waals surface area contributed by atoms with Crippen LogP contribution in [0.2, 0.25) is 0 Å². The fraction of sp³-hybridized carbons (Fsp3) is 0.600. The Hall–Kier alpha value is -0.570. The Balaban J connectivity index is 0.000000405. The molecule has 1 aromatic heterocycles. The first kappa shape index (κ1) is 6.55. The molecule has 0 aliphatic heterocycles. The van der Waals surface area contributed by atoms with Gasteiger partial charge in [-0.05, 0) is 12.8 Å². The van der Waals surface area contributed by atoms with Gasteiger partial charge in [-0.25, -0.2) is 0 Å². The van der Waals surface area contributed by atoms with Gasteiger partial charge in [-0.15, -0.1) is 12.4 Å². The van der Waals surface area contributed by atoms with Crippen molar-refractivity contribution in [3.63, 3.8) is 0 Å². The molecule has 1 aromatic rings. The van der Waals surface area contributed by atoms with E-state index in [1.165, 1.54) is 12.8 Å². The molecule has 0 atom stereocenters. The van der Waals surface area contributed by atoms with Crippen LogP contribution < -0.4 is 0 Å². The van der Waals surface area contributed by atoms with Crippen LogP contribution in [0.4, 0.5) is 0 Å². The highest BCUT2D eigenvalue weighted by molar-refractivity contribution is 5.85. The van der Waals surface area contributed by atoms with Crippen LogP contribution in [0.15, 0.2) is 6.20 Å². The van der Waals surface area contributed by atoms with Gasteiger partial charge in [0.05, 0.1) is 11.9 Å². The second kappa shape index (κ2) is 2.35. The third kappa shape index (κ3) is 1.21. The van der Waals surface area contributed by atoms with Gasteiger partial charge in [0.15, 0.2) is 0 Å². The Morgan fingerprint density at radius 3 is 2.78 bits per heavy atom. The molecule has 1 saturated carbocycles. The van der Waals surface area contributed by atoms with Crippen LogP contribution in [0.3, 0.4) is 0 Å². The van der Waals surface area contributed by atoms with Crippen molar-refractivity contribution < 1.29 is 0 Å². The molecule has 2 rings (SSSR count). The van der Waals surface area contributed by atoms with E-state index >= 15 is 0 Å². The van der Waals surface area contributed by atoms with E-state index in [2.05, 4.69) is 15.4 Å². The van der Waals surface area contributed by atoms with E-state index < -0.39 is 0 Å². The predicted octanol–water partition coefficient (Wildman–Crippen LogP) is 1.10. The van der Waals surface area contributed by atoms with Gasteiger partial charge in [-0.3, -0.25) is 0 Å². The number of H-pyrrole nitrogens is 1. The summed E-state index contributed by atoms with van der Waals surface area (Å²) in [7, 11) is 0. The standard InChI is InChI=1S/C5H7N3.ClH/c1-2-4(1)5-3-6-8-7-5;/h3-4H,1-2H2,(H,6,7,8);1H. The summed E-state index contributed by atoms with van der Waals surface area (Å²) < 4.78 is 0. The summed E-state index contributed by atoms with van der Waals surface area (Å²) in [6.07, 6.45) is 4.40. The summed E-state index contributed by atoms with van der Waals surface area (Å²) in [5, 5.41) is 10.2. The van der Waals surface area contributed by atoms with Crippen LogP contribution in [0.1, 0.15) is 24.5 Å². The first-order valence-electron chi connectivity index (χ1n) is 2.82. The molecule has 1 N–H and O–H groups in total. The zero-order chi connectivity index (χ0) is 5.40. The SMILES string of the molecule is Cl.c1n[nH]nc1C1CC1. The third-order valence-corrected chi connectivity index (χ3v) is 1.43. The lowest BCUT2D eigenvalue weighted by Gasteiger charge is -1.78. The Bertz CT molecular complexity index is 168. The average molecular weight is 146 g/mol. The maximum absolute atomic E-state index is 3.94. The monoisotopic (exact) mass is 145 g/mol. The second-order valence-corrected chi connectivity index (χ2v) is 2.17. The summed E-state index contributed by atoms with van der Waals surface area (Å²) in [6, 6.07) is 0. The maximum Gasteiger partial charge on any atom is 0.0855 e. The van der Waals surface area contributed by atoms with Crippen molar-refractivity contribution in [3.05, 3.63) is 11.9 Å². The van der Waals surface area contributed by atoms with E-state index in [1.807, 2.05) is 0 Å². The molecule has 0 unspecified atom stereocenters. The van der Waals surface area contributed by atoms with E-state index in [1.54, 1.807) is 6.20 Å². The molecule has 9 heavy (non-hydrogen) atoms. The first-order valence-corrected chi connectivity index (χ1v) is 2.82. The van der Waals surface area contributed by atoms with Gasteiger partial charge in [0, 0.05) is 5.92 Å². The molecule has 1 heterocycles. The lowest BCUT2D eigenvalue weighted by molar-refractivity contribution is 0.904. The van der Waals surface area contributed by atoms with Gasteiger partial charge in [0.25, 0.3) is 0 Å². The zero-order valence-corrected chi connectivity index (χ0v) is 5.69. The number of aromatic nitrogens is 3. The van der Waals surface area contributed by atoms with Gasteiger partial charge in [0.1, 0.15) is 0 Å². The van der Waals surface area contributed by atoms with E-state index in [0.717, 1.165) is 11.6 Å². The zero-order valence-electron chi connectivity index (χ0n) is 4.87. The molecule has 4 heteroatoms. The molecular weight excluding hydrogens is 138 g/mol. The molecular formula is C5H8ClN3. The minimum absolute atomic E-state index is 0. The van der Waals surface area contributed by atoms with Gasteiger partial charge in [-0.2, -0.15) is 15.4 Å². The number of nitrogens with one attached hydrogen (secondary N) is 1. The van der Waals surface area contributed by atoms with Crippen LogP contribution in [0.5, 0.6) is 0 Å². The average Bonchev–Trinajstić information content (AvgIpc) is 2.49. The number of rotatable bonds is 1. The lowest BCUT2D eigenvalue weighted by Crippen LogP contribution is -1.75. The van der Waals surface area contributed by atoms with Crippen molar-refractivity contribution in [3.8, 4) is 0 Å². The van der Waals surface area contributed by atoms with E-state index in [0.29, 0.717) is 0 Å². The Morgan fingerprint density at radius 1 is 1.56 bits per heavy atom. The van der Waals surface area contributed by atoms with Crippen LogP contribution in [-0.2, 0) is 0 Å². The normalized spacial score (nSPS) is 16.9. The number of hydrogen-bond donors (Lipinski definition) is 1. The molecule has 1 fully saturated rings. The quantitative estimate of drug-likeness (QED) is 0.643. The van der Waals surface area contributed by atoms with Crippen LogP contribution in [0.25, 0.3) is 0 Å². The Kier molecular flexibility index (Phi) is 1.71.